The molecule has 1 aliphatic carbocycles. The van der Waals surface area contributed by atoms with Crippen LogP contribution < -0.4 is 5.32 Å². The number of hydrogen-bond acceptors (Lipinski definition) is 1. The van der Waals surface area contributed by atoms with Gasteiger partial charge in [-0.15, -0.1) is 0 Å². The summed E-state index contributed by atoms with van der Waals surface area (Å²) in [6, 6.07) is 0.308. The fraction of sp³-hybridized carbons (Fsp3) is 1.00. The molecule has 1 rings (SSSR count). The number of halogens is 3. The molecule has 1 nitrogen and oxygen atoms in total. The molecule has 13 heavy (non-hydrogen) atoms. The molecule has 0 heterocycles. The van der Waals surface area contributed by atoms with E-state index in [1.54, 1.807) is 0 Å². The van der Waals surface area contributed by atoms with Crippen molar-refractivity contribution in [1.82, 2.24) is 5.32 Å². The molecule has 1 unspecified atom stereocenters. The molecule has 1 aliphatic rings. The second-order valence-corrected chi connectivity index (χ2v) is 3.74. The van der Waals surface area contributed by atoms with Crippen molar-refractivity contribution in [2.24, 2.45) is 5.92 Å². The topological polar surface area (TPSA) is 12.0 Å². The summed E-state index contributed by atoms with van der Waals surface area (Å²) in [6.45, 7) is 0. The van der Waals surface area contributed by atoms with E-state index in [1.165, 1.54) is 12.8 Å². The number of alkyl halides is 3. The molecule has 0 spiro atoms. The molecule has 0 aromatic rings. The Balaban J connectivity index is 2.09. The van der Waals surface area contributed by atoms with Crippen molar-refractivity contribution in [3.63, 3.8) is 0 Å². The Bertz CT molecular complexity index is 151. The Morgan fingerprint density at radius 1 is 1.38 bits per heavy atom. The normalized spacial score (nSPS) is 20.3. The monoisotopic (exact) mass is 195 g/mol. The van der Waals surface area contributed by atoms with Crippen molar-refractivity contribution in [2.45, 2.75) is 44.3 Å². The minimum absolute atomic E-state index is 0.255. The van der Waals surface area contributed by atoms with E-state index in [-0.39, 0.29) is 6.42 Å². The molecule has 0 aromatic heterocycles. The summed E-state index contributed by atoms with van der Waals surface area (Å²) >= 11 is 0. The van der Waals surface area contributed by atoms with E-state index >= 15 is 0 Å². The average Bonchev–Trinajstić information content (AvgIpc) is 2.78. The highest BCUT2D eigenvalue weighted by Crippen LogP contribution is 2.35. The molecule has 0 aromatic carbocycles. The molecule has 1 N–H and O–H groups in total. The molecular formula is C9H16F3N. The number of hydrogen-bond donors (Lipinski definition) is 1. The summed E-state index contributed by atoms with van der Waals surface area (Å²) in [5.41, 5.74) is 0. The molecule has 0 saturated heterocycles. The van der Waals surface area contributed by atoms with Crippen molar-refractivity contribution in [3.8, 4) is 0 Å². The van der Waals surface area contributed by atoms with Gasteiger partial charge in [-0.1, -0.05) is 0 Å². The zero-order valence-electron chi connectivity index (χ0n) is 7.82. The first kappa shape index (κ1) is 10.8. The van der Waals surface area contributed by atoms with Crippen molar-refractivity contribution in [3.05, 3.63) is 0 Å². The highest BCUT2D eigenvalue weighted by molar-refractivity contribution is 4.85. The van der Waals surface area contributed by atoms with Crippen LogP contribution in [0.2, 0.25) is 0 Å². The van der Waals surface area contributed by atoms with Gasteiger partial charge in [-0.2, -0.15) is 13.2 Å². The number of rotatable bonds is 5. The van der Waals surface area contributed by atoms with Gasteiger partial charge in [0.15, 0.2) is 0 Å². The van der Waals surface area contributed by atoms with Gasteiger partial charge in [0.1, 0.15) is 0 Å². The summed E-state index contributed by atoms with van der Waals surface area (Å²) in [4.78, 5) is 0. The van der Waals surface area contributed by atoms with Gasteiger partial charge in [-0.25, -0.2) is 0 Å². The fourth-order valence-corrected chi connectivity index (χ4v) is 1.64. The van der Waals surface area contributed by atoms with Crippen LogP contribution in [-0.2, 0) is 0 Å². The molecule has 78 valence electrons. The molecule has 0 bridgehead atoms. The molecule has 4 heteroatoms. The first-order chi connectivity index (χ1) is 6.03. The fourth-order valence-electron chi connectivity index (χ4n) is 1.64. The van der Waals surface area contributed by atoms with Gasteiger partial charge in [0.05, 0.1) is 0 Å². The average molecular weight is 195 g/mol. The largest absolute Gasteiger partial charge is 0.389 e. The minimum Gasteiger partial charge on any atom is -0.317 e. The minimum atomic E-state index is -3.98. The summed E-state index contributed by atoms with van der Waals surface area (Å²) in [5.74, 6) is 0.637. The highest BCUT2D eigenvalue weighted by Gasteiger charge is 2.31. The van der Waals surface area contributed by atoms with Crippen molar-refractivity contribution in [2.75, 3.05) is 7.05 Å². The lowest BCUT2D eigenvalue weighted by molar-refractivity contribution is -0.135. The van der Waals surface area contributed by atoms with Crippen LogP contribution in [0.15, 0.2) is 0 Å². The van der Waals surface area contributed by atoms with Crippen LogP contribution in [0.4, 0.5) is 13.2 Å². The van der Waals surface area contributed by atoms with Crippen LogP contribution in [0.5, 0.6) is 0 Å². The van der Waals surface area contributed by atoms with Gasteiger partial charge in [0, 0.05) is 12.5 Å². The summed E-state index contributed by atoms with van der Waals surface area (Å²) < 4.78 is 35.4. The standard InChI is InChI=1S/C9H16F3N/c1-13-8(7-4-5-7)3-2-6-9(10,11)12/h7-8,13H,2-6H2,1H3. The molecule has 1 saturated carbocycles. The SMILES string of the molecule is CNC(CCCC(F)(F)F)C1CC1. The quantitative estimate of drug-likeness (QED) is 0.711. The Labute approximate surface area is 76.7 Å². The van der Waals surface area contributed by atoms with Crippen molar-refractivity contribution < 1.29 is 13.2 Å². The Hall–Kier alpha value is -0.250. The Morgan fingerprint density at radius 2 is 2.00 bits per heavy atom. The third-order valence-corrected chi connectivity index (χ3v) is 2.54. The molecule has 0 radical (unpaired) electrons. The van der Waals surface area contributed by atoms with Crippen LogP contribution >= 0.6 is 0 Å². The summed E-state index contributed by atoms with van der Waals surface area (Å²) in [5, 5.41) is 3.08. The molecule has 1 atom stereocenters. The zero-order valence-corrected chi connectivity index (χ0v) is 7.82. The predicted octanol–water partition coefficient (Wildman–Crippen LogP) is 2.72. The van der Waals surface area contributed by atoms with E-state index in [2.05, 4.69) is 5.32 Å². The van der Waals surface area contributed by atoms with Gasteiger partial charge in [0.25, 0.3) is 0 Å². The maximum Gasteiger partial charge on any atom is 0.389 e. The van der Waals surface area contributed by atoms with Gasteiger partial charge in [-0.05, 0) is 38.6 Å². The number of nitrogens with one attached hydrogen (secondary N) is 1. The first-order valence-corrected chi connectivity index (χ1v) is 4.77. The van der Waals surface area contributed by atoms with Gasteiger partial charge in [0.2, 0.25) is 0 Å². The third kappa shape index (κ3) is 4.50. The van der Waals surface area contributed by atoms with Crippen LogP contribution in [0.1, 0.15) is 32.1 Å². The molecule has 1 fully saturated rings. The van der Waals surface area contributed by atoms with Crippen LogP contribution in [0.3, 0.4) is 0 Å². The Kier molecular flexibility index (Phi) is 3.59. The van der Waals surface area contributed by atoms with Crippen molar-refractivity contribution >= 4 is 0 Å². The van der Waals surface area contributed by atoms with E-state index < -0.39 is 12.6 Å². The van der Waals surface area contributed by atoms with E-state index in [1.807, 2.05) is 7.05 Å². The molecular weight excluding hydrogens is 179 g/mol. The van der Waals surface area contributed by atoms with E-state index in [0.29, 0.717) is 18.4 Å². The zero-order chi connectivity index (χ0) is 9.90. The van der Waals surface area contributed by atoms with Crippen LogP contribution in [-0.4, -0.2) is 19.3 Å². The summed E-state index contributed by atoms with van der Waals surface area (Å²) in [7, 11) is 1.83. The van der Waals surface area contributed by atoms with Crippen LogP contribution in [0, 0.1) is 5.92 Å². The van der Waals surface area contributed by atoms with Crippen LogP contribution in [0.25, 0.3) is 0 Å². The van der Waals surface area contributed by atoms with Crippen molar-refractivity contribution in [1.29, 1.82) is 0 Å². The Morgan fingerprint density at radius 3 is 2.38 bits per heavy atom. The summed E-state index contributed by atoms with van der Waals surface area (Å²) in [6.07, 6.45) is -1.36. The van der Waals surface area contributed by atoms with E-state index in [9.17, 15) is 13.2 Å². The van der Waals surface area contributed by atoms with E-state index in [4.69, 9.17) is 0 Å². The van der Waals surface area contributed by atoms with Gasteiger partial charge in [-0.3, -0.25) is 0 Å². The lowest BCUT2D eigenvalue weighted by atomic mass is 10.1. The first-order valence-electron chi connectivity index (χ1n) is 4.77. The third-order valence-electron chi connectivity index (χ3n) is 2.54. The maximum atomic E-state index is 11.8. The predicted molar refractivity (Wildman–Crippen MR) is 45.5 cm³/mol. The van der Waals surface area contributed by atoms with E-state index in [0.717, 1.165) is 0 Å². The highest BCUT2D eigenvalue weighted by atomic mass is 19.4. The maximum absolute atomic E-state index is 11.8. The lowest BCUT2D eigenvalue weighted by Crippen LogP contribution is -2.27. The molecule has 0 aliphatic heterocycles. The second-order valence-electron chi connectivity index (χ2n) is 3.74. The molecule has 0 amide bonds. The van der Waals surface area contributed by atoms with Gasteiger partial charge < -0.3 is 5.32 Å². The lowest BCUT2D eigenvalue weighted by Gasteiger charge is -2.15. The second kappa shape index (κ2) is 4.31. The van der Waals surface area contributed by atoms with Gasteiger partial charge >= 0.3 is 6.18 Å². The smallest absolute Gasteiger partial charge is 0.317 e.